The number of benzene rings is 1. The second-order valence-corrected chi connectivity index (χ2v) is 7.51. The summed E-state index contributed by atoms with van der Waals surface area (Å²) in [7, 11) is 0. The van der Waals surface area contributed by atoms with Gasteiger partial charge in [-0.25, -0.2) is 14.5 Å². The Morgan fingerprint density at radius 2 is 2.03 bits per heavy atom. The van der Waals surface area contributed by atoms with Crippen LogP contribution in [0.15, 0.2) is 67.5 Å². The van der Waals surface area contributed by atoms with Gasteiger partial charge in [0.2, 0.25) is 0 Å². The first-order valence-electron chi connectivity index (χ1n) is 9.93. The molecule has 0 unspecified atom stereocenters. The van der Waals surface area contributed by atoms with Gasteiger partial charge in [-0.3, -0.25) is 4.79 Å². The van der Waals surface area contributed by atoms with Crippen molar-refractivity contribution in [3.63, 3.8) is 0 Å². The first kappa shape index (κ1) is 17.6. The lowest BCUT2D eigenvalue weighted by molar-refractivity contribution is 0.0664. The highest BCUT2D eigenvalue weighted by Crippen LogP contribution is 2.24. The molecule has 1 saturated heterocycles. The fourth-order valence-electron chi connectivity index (χ4n) is 4.13. The molecule has 1 fully saturated rings. The van der Waals surface area contributed by atoms with Crippen molar-refractivity contribution >= 4 is 11.6 Å². The van der Waals surface area contributed by atoms with E-state index >= 15 is 0 Å². The quantitative estimate of drug-likeness (QED) is 0.540. The Labute approximate surface area is 168 Å². The first-order chi connectivity index (χ1) is 14.3. The van der Waals surface area contributed by atoms with E-state index in [-0.39, 0.29) is 5.91 Å². The number of fused-ring (bicyclic) bond motifs is 1. The van der Waals surface area contributed by atoms with Crippen molar-refractivity contribution in [1.29, 1.82) is 0 Å². The fourth-order valence-corrected chi connectivity index (χ4v) is 4.13. The molecule has 0 spiro atoms. The van der Waals surface area contributed by atoms with Crippen LogP contribution in [0.1, 0.15) is 23.2 Å². The van der Waals surface area contributed by atoms with Crippen LogP contribution in [-0.4, -0.2) is 48.0 Å². The molecule has 1 aromatic carbocycles. The Balaban J connectivity index is 1.41. The monoisotopic (exact) mass is 386 g/mol. The van der Waals surface area contributed by atoms with Gasteiger partial charge < -0.3 is 9.47 Å². The largest absolute Gasteiger partial charge is 0.338 e. The molecule has 146 valence electrons. The van der Waals surface area contributed by atoms with E-state index in [1.807, 2.05) is 53.8 Å². The second kappa shape index (κ2) is 7.50. The number of rotatable bonds is 4. The average Bonchev–Trinajstić information content (AvgIpc) is 3.44. The molecule has 1 amide bonds. The van der Waals surface area contributed by atoms with Crippen molar-refractivity contribution in [3.05, 3.63) is 73.1 Å². The van der Waals surface area contributed by atoms with Crippen molar-refractivity contribution in [2.75, 3.05) is 13.1 Å². The molecule has 0 bridgehead atoms. The summed E-state index contributed by atoms with van der Waals surface area (Å²) < 4.78 is 3.84. The van der Waals surface area contributed by atoms with Gasteiger partial charge in [-0.1, -0.05) is 30.3 Å². The molecule has 0 radical (unpaired) electrons. The molecule has 0 N–H and O–H groups in total. The van der Waals surface area contributed by atoms with Crippen molar-refractivity contribution < 1.29 is 4.79 Å². The third kappa shape index (κ3) is 3.40. The number of hydrogen-bond donors (Lipinski definition) is 0. The van der Waals surface area contributed by atoms with Crippen LogP contribution < -0.4 is 0 Å². The molecule has 1 aliphatic heterocycles. The number of amides is 1. The molecular formula is C22H22N6O. The van der Waals surface area contributed by atoms with E-state index < -0.39 is 0 Å². The van der Waals surface area contributed by atoms with Gasteiger partial charge in [0, 0.05) is 43.8 Å². The minimum absolute atomic E-state index is 0.00745. The lowest BCUT2D eigenvalue weighted by atomic mass is 9.97. The number of carbonyl (C=O) groups is 1. The van der Waals surface area contributed by atoms with Crippen LogP contribution in [0.3, 0.4) is 0 Å². The average molecular weight is 386 g/mol. The summed E-state index contributed by atoms with van der Waals surface area (Å²) in [6, 6.07) is 11.9. The maximum Gasteiger partial charge on any atom is 0.259 e. The van der Waals surface area contributed by atoms with Crippen LogP contribution >= 0.6 is 0 Å². The van der Waals surface area contributed by atoms with E-state index in [9.17, 15) is 4.79 Å². The Hall–Kier alpha value is -3.48. The van der Waals surface area contributed by atoms with Gasteiger partial charge in [0.1, 0.15) is 5.56 Å². The number of imidazole rings is 1. The van der Waals surface area contributed by atoms with Crippen molar-refractivity contribution in [1.82, 2.24) is 29.0 Å². The van der Waals surface area contributed by atoms with Gasteiger partial charge >= 0.3 is 0 Å². The molecular weight excluding hydrogens is 364 g/mol. The Bertz CT molecular complexity index is 1120. The topological polar surface area (TPSA) is 68.3 Å². The minimum atomic E-state index is 0.00745. The molecule has 7 nitrogen and oxygen atoms in total. The third-order valence-corrected chi connectivity index (χ3v) is 5.54. The van der Waals surface area contributed by atoms with Crippen LogP contribution in [0.4, 0.5) is 0 Å². The lowest BCUT2D eigenvalue weighted by Crippen LogP contribution is -2.41. The summed E-state index contributed by atoms with van der Waals surface area (Å²) in [6.45, 7) is 2.40. The Morgan fingerprint density at radius 3 is 2.86 bits per heavy atom. The summed E-state index contributed by atoms with van der Waals surface area (Å²) in [5, 5.41) is 4.49. The van der Waals surface area contributed by atoms with E-state index in [1.54, 1.807) is 23.1 Å². The molecule has 0 aliphatic carbocycles. The van der Waals surface area contributed by atoms with Crippen molar-refractivity contribution in [2.24, 2.45) is 5.92 Å². The standard InChI is InChI=1S/C22H22N6O/c29-22(27-11-4-5-17(15-27)14-26-12-10-23-16-26)19-13-25-28-20(8-9-24-21(19)28)18-6-2-1-3-7-18/h1-3,6-10,12-13,16-17H,4-5,11,14-15H2/t17-/m0/s1. The smallest absolute Gasteiger partial charge is 0.259 e. The molecule has 0 saturated carbocycles. The zero-order valence-corrected chi connectivity index (χ0v) is 16.1. The number of hydrogen-bond acceptors (Lipinski definition) is 4. The maximum atomic E-state index is 13.3. The molecule has 5 rings (SSSR count). The van der Waals surface area contributed by atoms with Gasteiger partial charge in [0.05, 0.1) is 18.2 Å². The summed E-state index contributed by atoms with van der Waals surface area (Å²) in [4.78, 5) is 23.8. The number of piperidine rings is 1. The van der Waals surface area contributed by atoms with Gasteiger partial charge in [0.25, 0.3) is 5.91 Å². The predicted octanol–water partition coefficient (Wildman–Crippen LogP) is 3.15. The van der Waals surface area contributed by atoms with E-state index in [1.165, 1.54) is 0 Å². The summed E-state index contributed by atoms with van der Waals surface area (Å²) in [6.07, 6.45) is 11.1. The highest BCUT2D eigenvalue weighted by Gasteiger charge is 2.27. The van der Waals surface area contributed by atoms with E-state index in [2.05, 4.69) is 19.6 Å². The van der Waals surface area contributed by atoms with Gasteiger partial charge in [-0.2, -0.15) is 5.10 Å². The molecule has 1 atom stereocenters. The summed E-state index contributed by atoms with van der Waals surface area (Å²) >= 11 is 0. The Morgan fingerprint density at radius 1 is 1.14 bits per heavy atom. The highest BCUT2D eigenvalue weighted by atomic mass is 16.2. The lowest BCUT2D eigenvalue weighted by Gasteiger charge is -2.32. The zero-order chi connectivity index (χ0) is 19.6. The Kier molecular flexibility index (Phi) is 4.56. The normalized spacial score (nSPS) is 17.0. The van der Waals surface area contributed by atoms with Crippen LogP contribution in [0, 0.1) is 5.92 Å². The van der Waals surface area contributed by atoms with Gasteiger partial charge in [-0.05, 0) is 24.8 Å². The van der Waals surface area contributed by atoms with Crippen LogP contribution in [-0.2, 0) is 6.54 Å². The zero-order valence-electron chi connectivity index (χ0n) is 16.1. The molecule has 4 heterocycles. The molecule has 29 heavy (non-hydrogen) atoms. The van der Waals surface area contributed by atoms with Crippen LogP contribution in [0.5, 0.6) is 0 Å². The SMILES string of the molecule is O=C(c1cnn2c(-c3ccccc3)ccnc12)N1CCC[C@@H](Cn2ccnc2)C1. The maximum absolute atomic E-state index is 13.3. The van der Waals surface area contributed by atoms with E-state index in [4.69, 9.17) is 0 Å². The second-order valence-electron chi connectivity index (χ2n) is 7.51. The molecule has 4 aromatic rings. The molecule has 1 aliphatic rings. The number of carbonyl (C=O) groups excluding carboxylic acids is 1. The first-order valence-corrected chi connectivity index (χ1v) is 9.93. The number of likely N-dealkylation sites (tertiary alicyclic amines) is 1. The van der Waals surface area contributed by atoms with Gasteiger partial charge in [-0.15, -0.1) is 0 Å². The van der Waals surface area contributed by atoms with Crippen molar-refractivity contribution in [3.8, 4) is 11.3 Å². The highest BCUT2D eigenvalue weighted by molar-refractivity contribution is 6.00. The molecule has 7 heteroatoms. The predicted molar refractivity (Wildman–Crippen MR) is 109 cm³/mol. The number of nitrogens with zero attached hydrogens (tertiary/aromatic N) is 6. The van der Waals surface area contributed by atoms with E-state index in [0.717, 1.165) is 43.7 Å². The van der Waals surface area contributed by atoms with E-state index in [0.29, 0.717) is 17.1 Å². The van der Waals surface area contributed by atoms with Gasteiger partial charge in [0.15, 0.2) is 5.65 Å². The van der Waals surface area contributed by atoms with Crippen LogP contribution in [0.25, 0.3) is 16.9 Å². The minimum Gasteiger partial charge on any atom is -0.338 e. The van der Waals surface area contributed by atoms with Crippen LogP contribution in [0.2, 0.25) is 0 Å². The molecule has 3 aromatic heterocycles. The van der Waals surface area contributed by atoms with Crippen molar-refractivity contribution in [2.45, 2.75) is 19.4 Å². The summed E-state index contributed by atoms with van der Waals surface area (Å²) in [5.41, 5.74) is 3.13. The number of aromatic nitrogens is 5. The third-order valence-electron chi connectivity index (χ3n) is 5.54. The fraction of sp³-hybridized carbons (Fsp3) is 0.273. The summed E-state index contributed by atoms with van der Waals surface area (Å²) in [5.74, 6) is 0.435.